The van der Waals surface area contributed by atoms with Gasteiger partial charge in [0.1, 0.15) is 11.4 Å². The van der Waals surface area contributed by atoms with Crippen molar-refractivity contribution >= 4 is 6.09 Å². The van der Waals surface area contributed by atoms with Gasteiger partial charge in [-0.3, -0.25) is 9.67 Å². The van der Waals surface area contributed by atoms with Gasteiger partial charge in [0.2, 0.25) is 0 Å². The quantitative estimate of drug-likeness (QED) is 0.841. The summed E-state index contributed by atoms with van der Waals surface area (Å²) in [5.41, 5.74) is 0.940. The lowest BCUT2D eigenvalue weighted by atomic mass is 10.2. The molecule has 0 aromatic carbocycles. The first kappa shape index (κ1) is 17.9. The molecule has 0 bridgehead atoms. The molecule has 2 heterocycles. The van der Waals surface area contributed by atoms with Gasteiger partial charge in [-0.1, -0.05) is 0 Å². The molecule has 2 aromatic heterocycles. The number of likely N-dealkylation sites (N-methyl/N-ethyl adjacent to an activating group) is 1. The van der Waals surface area contributed by atoms with Gasteiger partial charge >= 0.3 is 6.09 Å². The second kappa shape index (κ2) is 7.42. The second-order valence-electron chi connectivity index (χ2n) is 6.41. The molecule has 0 radical (unpaired) electrons. The summed E-state index contributed by atoms with van der Waals surface area (Å²) in [5.74, 6) is -0.373. The van der Waals surface area contributed by atoms with Crippen LogP contribution in [0.2, 0.25) is 0 Å². The molecule has 0 aliphatic carbocycles. The van der Waals surface area contributed by atoms with Crippen molar-refractivity contribution < 1.29 is 13.9 Å². The molecular weight excluding hydrogens is 311 g/mol. The number of carbonyl (C=O) groups is 1. The van der Waals surface area contributed by atoms with Crippen molar-refractivity contribution in [3.8, 4) is 11.3 Å². The first-order chi connectivity index (χ1) is 11.3. The number of halogens is 1. The highest BCUT2D eigenvalue weighted by atomic mass is 19.1. The number of pyridine rings is 1. The van der Waals surface area contributed by atoms with Crippen LogP contribution in [0.1, 0.15) is 27.7 Å². The number of aromatic nitrogens is 3. The van der Waals surface area contributed by atoms with Crippen molar-refractivity contribution in [3.05, 3.63) is 36.5 Å². The highest BCUT2D eigenvalue weighted by molar-refractivity contribution is 5.68. The lowest BCUT2D eigenvalue weighted by Crippen LogP contribution is -2.38. The van der Waals surface area contributed by atoms with Crippen LogP contribution in [0.3, 0.4) is 0 Å². The van der Waals surface area contributed by atoms with Gasteiger partial charge in [0.25, 0.3) is 0 Å². The fourth-order valence-electron chi connectivity index (χ4n) is 2.09. The van der Waals surface area contributed by atoms with E-state index in [1.54, 1.807) is 21.8 Å². The topological polar surface area (TPSA) is 60.2 Å². The Balaban J connectivity index is 1.96. The van der Waals surface area contributed by atoms with Crippen molar-refractivity contribution in [2.24, 2.45) is 0 Å². The van der Waals surface area contributed by atoms with Gasteiger partial charge < -0.3 is 9.64 Å². The van der Waals surface area contributed by atoms with Gasteiger partial charge in [0, 0.05) is 24.8 Å². The Morgan fingerprint density at radius 3 is 2.67 bits per heavy atom. The van der Waals surface area contributed by atoms with E-state index in [-0.39, 0.29) is 11.9 Å². The minimum atomic E-state index is -0.516. The van der Waals surface area contributed by atoms with Gasteiger partial charge in [-0.05, 0) is 39.8 Å². The van der Waals surface area contributed by atoms with Gasteiger partial charge in [0.05, 0.1) is 24.6 Å². The Labute approximate surface area is 141 Å². The van der Waals surface area contributed by atoms with Crippen LogP contribution < -0.4 is 0 Å². The van der Waals surface area contributed by atoms with E-state index in [0.29, 0.717) is 25.3 Å². The normalized spacial score (nSPS) is 11.4. The third-order valence-electron chi connectivity index (χ3n) is 3.29. The van der Waals surface area contributed by atoms with E-state index in [1.165, 1.54) is 12.3 Å². The summed E-state index contributed by atoms with van der Waals surface area (Å²) in [4.78, 5) is 17.8. The second-order valence-corrected chi connectivity index (χ2v) is 6.41. The molecule has 0 unspecified atom stereocenters. The molecule has 0 N–H and O–H groups in total. The Morgan fingerprint density at radius 2 is 2.08 bits per heavy atom. The predicted octanol–water partition coefficient (Wildman–Crippen LogP) is 3.34. The Bertz CT molecular complexity index is 677. The summed E-state index contributed by atoms with van der Waals surface area (Å²) < 4.78 is 20.0. The van der Waals surface area contributed by atoms with Gasteiger partial charge in [0.15, 0.2) is 0 Å². The zero-order chi connectivity index (χ0) is 17.7. The molecule has 24 heavy (non-hydrogen) atoms. The van der Waals surface area contributed by atoms with Crippen molar-refractivity contribution in [1.29, 1.82) is 0 Å². The number of amides is 1. The van der Waals surface area contributed by atoms with E-state index in [2.05, 4.69) is 10.1 Å². The molecular formula is C17H23FN4O2. The standard InChI is InChI=1S/C17H23FN4O2/c1-5-21(16(23)24-17(2,3)4)8-9-22-12-13(10-20-22)15-7-6-14(18)11-19-15/h6-7,10-12H,5,8-9H2,1-4H3. The highest BCUT2D eigenvalue weighted by Crippen LogP contribution is 2.16. The van der Waals surface area contributed by atoms with Gasteiger partial charge in [-0.2, -0.15) is 5.10 Å². The van der Waals surface area contributed by atoms with Crippen LogP contribution in [-0.2, 0) is 11.3 Å². The van der Waals surface area contributed by atoms with Crippen molar-refractivity contribution in [3.63, 3.8) is 0 Å². The Kier molecular flexibility index (Phi) is 5.54. The van der Waals surface area contributed by atoms with Crippen LogP contribution >= 0.6 is 0 Å². The summed E-state index contributed by atoms with van der Waals surface area (Å²) in [5, 5.41) is 4.26. The smallest absolute Gasteiger partial charge is 0.410 e. The average molecular weight is 334 g/mol. The van der Waals surface area contributed by atoms with E-state index in [9.17, 15) is 9.18 Å². The molecule has 2 aromatic rings. The maximum Gasteiger partial charge on any atom is 0.410 e. The largest absolute Gasteiger partial charge is 0.444 e. The summed E-state index contributed by atoms with van der Waals surface area (Å²) in [7, 11) is 0. The van der Waals surface area contributed by atoms with Crippen LogP contribution in [0.15, 0.2) is 30.7 Å². The maximum absolute atomic E-state index is 12.9. The summed E-state index contributed by atoms with van der Waals surface area (Å²) in [6.45, 7) is 9.01. The van der Waals surface area contributed by atoms with E-state index >= 15 is 0 Å². The van der Waals surface area contributed by atoms with Crippen molar-refractivity contribution in [1.82, 2.24) is 19.7 Å². The average Bonchev–Trinajstić information content (AvgIpc) is 2.95. The number of carbonyl (C=O) groups excluding carboxylic acids is 1. The van der Waals surface area contributed by atoms with Crippen LogP contribution in [0.25, 0.3) is 11.3 Å². The predicted molar refractivity (Wildman–Crippen MR) is 88.9 cm³/mol. The molecule has 0 atom stereocenters. The first-order valence-electron chi connectivity index (χ1n) is 7.91. The molecule has 7 heteroatoms. The molecule has 0 fully saturated rings. The summed E-state index contributed by atoms with van der Waals surface area (Å²) in [6, 6.07) is 2.97. The first-order valence-corrected chi connectivity index (χ1v) is 7.91. The molecule has 0 aliphatic heterocycles. The number of hydrogen-bond acceptors (Lipinski definition) is 4. The van der Waals surface area contributed by atoms with Crippen LogP contribution in [0, 0.1) is 5.82 Å². The number of ether oxygens (including phenoxy) is 1. The molecule has 130 valence electrons. The van der Waals surface area contributed by atoms with E-state index < -0.39 is 5.60 Å². The third-order valence-corrected chi connectivity index (χ3v) is 3.29. The molecule has 2 rings (SSSR count). The zero-order valence-electron chi connectivity index (χ0n) is 14.5. The van der Waals surface area contributed by atoms with Crippen LogP contribution in [-0.4, -0.2) is 44.4 Å². The summed E-state index contributed by atoms with van der Waals surface area (Å²) >= 11 is 0. The Hall–Kier alpha value is -2.44. The molecule has 0 saturated carbocycles. The third kappa shape index (κ3) is 5.04. The molecule has 0 aliphatic rings. The Morgan fingerprint density at radius 1 is 1.33 bits per heavy atom. The SMILES string of the molecule is CCN(CCn1cc(-c2ccc(F)cn2)cn1)C(=O)OC(C)(C)C. The van der Waals surface area contributed by atoms with E-state index in [4.69, 9.17) is 4.74 Å². The number of nitrogens with zero attached hydrogens (tertiary/aromatic N) is 4. The van der Waals surface area contributed by atoms with Gasteiger partial charge in [-0.15, -0.1) is 0 Å². The molecule has 0 spiro atoms. The van der Waals surface area contributed by atoms with Gasteiger partial charge in [-0.25, -0.2) is 9.18 Å². The highest BCUT2D eigenvalue weighted by Gasteiger charge is 2.20. The lowest BCUT2D eigenvalue weighted by molar-refractivity contribution is 0.0252. The molecule has 0 saturated heterocycles. The minimum Gasteiger partial charge on any atom is -0.444 e. The monoisotopic (exact) mass is 334 g/mol. The number of rotatable bonds is 5. The van der Waals surface area contributed by atoms with Crippen molar-refractivity contribution in [2.45, 2.75) is 39.8 Å². The fraction of sp³-hybridized carbons (Fsp3) is 0.471. The van der Waals surface area contributed by atoms with Crippen molar-refractivity contribution in [2.75, 3.05) is 13.1 Å². The number of hydrogen-bond donors (Lipinski definition) is 0. The van der Waals surface area contributed by atoms with Crippen LogP contribution in [0.4, 0.5) is 9.18 Å². The summed E-state index contributed by atoms with van der Waals surface area (Å²) in [6.07, 6.45) is 4.33. The van der Waals surface area contributed by atoms with Crippen LogP contribution in [0.5, 0.6) is 0 Å². The molecule has 1 amide bonds. The fourth-order valence-corrected chi connectivity index (χ4v) is 2.09. The molecule has 6 nitrogen and oxygen atoms in total. The minimum absolute atomic E-state index is 0.336. The zero-order valence-corrected chi connectivity index (χ0v) is 14.5. The lowest BCUT2D eigenvalue weighted by Gasteiger charge is -2.26. The van der Waals surface area contributed by atoms with E-state index in [0.717, 1.165) is 5.56 Å². The maximum atomic E-state index is 12.9. The van der Waals surface area contributed by atoms with E-state index in [1.807, 2.05) is 33.9 Å².